The third kappa shape index (κ3) is 2.02. The van der Waals surface area contributed by atoms with Gasteiger partial charge in [0.2, 0.25) is 0 Å². The van der Waals surface area contributed by atoms with Crippen LogP contribution < -0.4 is 5.73 Å². The Kier molecular flexibility index (Phi) is 2.96. The second-order valence-electron chi connectivity index (χ2n) is 3.40. The van der Waals surface area contributed by atoms with Gasteiger partial charge in [0.05, 0.1) is 25.2 Å². The largest absolute Gasteiger partial charge is 0.377 e. The van der Waals surface area contributed by atoms with E-state index in [0.717, 1.165) is 31.9 Å². The van der Waals surface area contributed by atoms with Crippen LogP contribution in [0.25, 0.3) is 0 Å². The first kappa shape index (κ1) is 9.43. The minimum atomic E-state index is 0.545. The number of hydrogen-bond donors (Lipinski definition) is 1. The van der Waals surface area contributed by atoms with Crippen LogP contribution >= 0.6 is 0 Å². The second kappa shape index (κ2) is 4.39. The molecule has 1 aliphatic rings. The summed E-state index contributed by atoms with van der Waals surface area (Å²) in [5, 5.41) is 0. The van der Waals surface area contributed by atoms with Gasteiger partial charge in [-0.2, -0.15) is 0 Å². The van der Waals surface area contributed by atoms with Gasteiger partial charge in [0.1, 0.15) is 0 Å². The van der Waals surface area contributed by atoms with Crippen molar-refractivity contribution >= 4 is 0 Å². The number of hydrogen-bond acceptors (Lipinski definition) is 3. The van der Waals surface area contributed by atoms with Gasteiger partial charge in [-0.1, -0.05) is 6.08 Å². The van der Waals surface area contributed by atoms with Gasteiger partial charge in [0.15, 0.2) is 0 Å². The van der Waals surface area contributed by atoms with Crippen molar-refractivity contribution in [3.63, 3.8) is 0 Å². The van der Waals surface area contributed by atoms with Gasteiger partial charge in [-0.3, -0.25) is 0 Å². The molecule has 2 rings (SSSR count). The van der Waals surface area contributed by atoms with E-state index in [1.807, 2.05) is 12.5 Å². The molecule has 1 aromatic rings. The molecule has 14 heavy (non-hydrogen) atoms. The van der Waals surface area contributed by atoms with E-state index in [9.17, 15) is 0 Å². The fraction of sp³-hybridized carbons (Fsp3) is 0.500. The summed E-state index contributed by atoms with van der Waals surface area (Å²) in [5.74, 6) is 0. The predicted molar refractivity (Wildman–Crippen MR) is 53.6 cm³/mol. The molecule has 0 fully saturated rings. The van der Waals surface area contributed by atoms with E-state index in [1.165, 1.54) is 5.57 Å². The quantitative estimate of drug-likeness (QED) is 0.718. The Bertz CT molecular complexity index is 330. The summed E-state index contributed by atoms with van der Waals surface area (Å²) < 4.78 is 7.34. The fourth-order valence-electron chi connectivity index (χ4n) is 1.59. The molecule has 0 spiro atoms. The Hall–Kier alpha value is -1.13. The van der Waals surface area contributed by atoms with Crippen LogP contribution in [0.3, 0.4) is 0 Å². The van der Waals surface area contributed by atoms with Crippen LogP contribution in [0.15, 0.2) is 24.2 Å². The van der Waals surface area contributed by atoms with E-state index in [1.54, 1.807) is 0 Å². The first-order chi connectivity index (χ1) is 6.90. The summed E-state index contributed by atoms with van der Waals surface area (Å²) in [6.07, 6.45) is 6.81. The van der Waals surface area contributed by atoms with Crippen LogP contribution in [-0.4, -0.2) is 22.8 Å². The summed E-state index contributed by atoms with van der Waals surface area (Å²) >= 11 is 0. The number of ether oxygens (including phenoxy) is 1. The van der Waals surface area contributed by atoms with E-state index < -0.39 is 0 Å². The van der Waals surface area contributed by atoms with Gasteiger partial charge in [0.25, 0.3) is 0 Å². The lowest BCUT2D eigenvalue weighted by Gasteiger charge is -2.15. The van der Waals surface area contributed by atoms with Crippen molar-refractivity contribution in [2.75, 3.05) is 13.2 Å². The molecule has 0 aliphatic carbocycles. The van der Waals surface area contributed by atoms with Gasteiger partial charge in [-0.15, -0.1) is 0 Å². The lowest BCUT2D eigenvalue weighted by molar-refractivity contribution is 0.153. The molecular weight excluding hydrogens is 178 g/mol. The van der Waals surface area contributed by atoms with Crippen molar-refractivity contribution in [3.05, 3.63) is 29.9 Å². The Morgan fingerprint density at radius 3 is 3.21 bits per heavy atom. The summed E-state index contributed by atoms with van der Waals surface area (Å²) in [6.45, 7) is 3.01. The Balaban J connectivity index is 2.06. The minimum Gasteiger partial charge on any atom is -0.377 e. The number of aromatic nitrogens is 2. The monoisotopic (exact) mass is 193 g/mol. The third-order valence-electron chi connectivity index (χ3n) is 2.44. The molecule has 4 nitrogen and oxygen atoms in total. The maximum Gasteiger partial charge on any atom is 0.0951 e. The number of imidazole rings is 1. The molecular formula is C10H15N3O. The standard InChI is InChI=1S/C10H15N3O/c11-5-10-6-12-8-13(10)7-9-1-3-14-4-2-9/h1,6,8H,2-5,7,11H2. The van der Waals surface area contributed by atoms with Crippen molar-refractivity contribution < 1.29 is 4.74 Å². The van der Waals surface area contributed by atoms with Crippen molar-refractivity contribution in [1.29, 1.82) is 0 Å². The van der Waals surface area contributed by atoms with E-state index in [-0.39, 0.29) is 0 Å². The number of nitrogens with two attached hydrogens (primary N) is 1. The van der Waals surface area contributed by atoms with E-state index >= 15 is 0 Å². The normalized spacial score (nSPS) is 16.8. The molecule has 0 saturated heterocycles. The first-order valence-corrected chi connectivity index (χ1v) is 4.85. The zero-order chi connectivity index (χ0) is 9.80. The minimum absolute atomic E-state index is 0.545. The maximum atomic E-state index is 5.60. The molecule has 1 aromatic heterocycles. The lowest BCUT2D eigenvalue weighted by Crippen LogP contribution is -2.12. The van der Waals surface area contributed by atoms with E-state index in [4.69, 9.17) is 10.5 Å². The summed E-state index contributed by atoms with van der Waals surface area (Å²) in [7, 11) is 0. The highest BCUT2D eigenvalue weighted by atomic mass is 16.5. The fourth-order valence-corrected chi connectivity index (χ4v) is 1.59. The van der Waals surface area contributed by atoms with Gasteiger partial charge in [-0.05, 0) is 12.0 Å². The molecule has 0 atom stereocenters. The molecule has 0 bridgehead atoms. The van der Waals surface area contributed by atoms with Gasteiger partial charge < -0.3 is 15.0 Å². The average Bonchev–Trinajstić information content (AvgIpc) is 2.67. The number of nitrogens with zero attached hydrogens (tertiary/aromatic N) is 2. The van der Waals surface area contributed by atoms with Crippen LogP contribution in [0.5, 0.6) is 0 Å². The van der Waals surface area contributed by atoms with E-state index in [2.05, 4.69) is 15.6 Å². The smallest absolute Gasteiger partial charge is 0.0951 e. The van der Waals surface area contributed by atoms with Crippen LogP contribution in [0, 0.1) is 0 Å². The van der Waals surface area contributed by atoms with Crippen molar-refractivity contribution in [2.45, 2.75) is 19.5 Å². The molecule has 0 aromatic carbocycles. The average molecular weight is 193 g/mol. The maximum absolute atomic E-state index is 5.60. The Labute approximate surface area is 83.4 Å². The zero-order valence-electron chi connectivity index (χ0n) is 8.15. The highest BCUT2D eigenvalue weighted by Gasteiger charge is 2.06. The van der Waals surface area contributed by atoms with Crippen LogP contribution in [0.2, 0.25) is 0 Å². The summed E-state index contributed by atoms with van der Waals surface area (Å²) in [6, 6.07) is 0. The highest BCUT2D eigenvalue weighted by molar-refractivity contribution is 5.08. The second-order valence-corrected chi connectivity index (χ2v) is 3.40. The van der Waals surface area contributed by atoms with Crippen LogP contribution in [0.1, 0.15) is 12.1 Å². The lowest BCUT2D eigenvalue weighted by atomic mass is 10.1. The predicted octanol–water partition coefficient (Wildman–Crippen LogP) is 0.688. The number of rotatable bonds is 3. The summed E-state index contributed by atoms with van der Waals surface area (Å²) in [5.41, 5.74) is 8.08. The summed E-state index contributed by atoms with van der Waals surface area (Å²) in [4.78, 5) is 4.08. The van der Waals surface area contributed by atoms with Crippen LogP contribution in [-0.2, 0) is 17.8 Å². The molecule has 76 valence electrons. The molecule has 1 aliphatic heterocycles. The van der Waals surface area contributed by atoms with Gasteiger partial charge in [0, 0.05) is 19.3 Å². The molecule has 0 saturated carbocycles. The molecule has 4 heteroatoms. The van der Waals surface area contributed by atoms with Gasteiger partial charge >= 0.3 is 0 Å². The Morgan fingerprint density at radius 1 is 1.57 bits per heavy atom. The zero-order valence-corrected chi connectivity index (χ0v) is 8.15. The molecule has 0 unspecified atom stereocenters. The van der Waals surface area contributed by atoms with Crippen LogP contribution in [0.4, 0.5) is 0 Å². The Morgan fingerprint density at radius 2 is 2.50 bits per heavy atom. The molecule has 2 N–H and O–H groups in total. The van der Waals surface area contributed by atoms with E-state index in [0.29, 0.717) is 6.54 Å². The SMILES string of the molecule is NCc1cncn1CC1=CCOCC1. The first-order valence-electron chi connectivity index (χ1n) is 4.85. The van der Waals surface area contributed by atoms with Crippen molar-refractivity contribution in [2.24, 2.45) is 5.73 Å². The molecule has 0 radical (unpaired) electrons. The molecule has 0 amide bonds. The van der Waals surface area contributed by atoms with Crippen molar-refractivity contribution in [3.8, 4) is 0 Å². The molecule has 2 heterocycles. The third-order valence-corrected chi connectivity index (χ3v) is 2.44. The topological polar surface area (TPSA) is 53.1 Å². The van der Waals surface area contributed by atoms with Gasteiger partial charge in [-0.25, -0.2) is 4.98 Å². The van der Waals surface area contributed by atoms with Crippen molar-refractivity contribution in [1.82, 2.24) is 9.55 Å². The highest BCUT2D eigenvalue weighted by Crippen LogP contribution is 2.11.